The van der Waals surface area contributed by atoms with Gasteiger partial charge in [-0.15, -0.1) is 0 Å². The van der Waals surface area contributed by atoms with E-state index in [0.29, 0.717) is 44.8 Å². The Bertz CT molecular complexity index is 975. The molecule has 6 nitrogen and oxygen atoms in total. The largest absolute Gasteiger partial charge is 0.494 e. The molecule has 0 spiro atoms. The van der Waals surface area contributed by atoms with E-state index in [1.54, 1.807) is 7.11 Å². The molecule has 30 heavy (non-hydrogen) atoms. The van der Waals surface area contributed by atoms with Crippen LogP contribution in [-0.2, 0) is 17.7 Å². The van der Waals surface area contributed by atoms with Gasteiger partial charge in [0.2, 0.25) is 0 Å². The Morgan fingerprint density at radius 2 is 1.80 bits per heavy atom. The van der Waals surface area contributed by atoms with E-state index in [1.807, 2.05) is 56.0 Å². The number of amides is 1. The van der Waals surface area contributed by atoms with Gasteiger partial charge in [0.25, 0.3) is 5.91 Å². The van der Waals surface area contributed by atoms with Crippen molar-refractivity contribution in [2.45, 2.75) is 33.7 Å². The number of imidazole rings is 1. The first-order valence-corrected chi connectivity index (χ1v) is 10.6. The number of benzene rings is 2. The molecule has 1 amide bonds. The molecule has 2 aromatic carbocycles. The topological polar surface area (TPSA) is 56.6 Å². The average Bonchev–Trinajstić information content (AvgIpc) is 3.10. The van der Waals surface area contributed by atoms with Crippen LogP contribution in [0.15, 0.2) is 42.5 Å². The van der Waals surface area contributed by atoms with Crippen molar-refractivity contribution < 1.29 is 14.3 Å². The predicted molar refractivity (Wildman–Crippen MR) is 119 cm³/mol. The van der Waals surface area contributed by atoms with Gasteiger partial charge in [-0.1, -0.05) is 12.1 Å². The molecule has 0 bridgehead atoms. The Morgan fingerprint density at radius 1 is 1.07 bits per heavy atom. The van der Waals surface area contributed by atoms with E-state index in [-0.39, 0.29) is 5.91 Å². The molecule has 0 saturated carbocycles. The number of nitrogens with zero attached hydrogens (tertiary/aromatic N) is 3. The number of carbonyl (C=O) groups excluding carboxylic acids is 1. The minimum absolute atomic E-state index is 0.0430. The summed E-state index contributed by atoms with van der Waals surface area (Å²) in [6.45, 7) is 9.32. The highest BCUT2D eigenvalue weighted by Gasteiger charge is 2.16. The maximum Gasteiger partial charge on any atom is 0.253 e. The Labute approximate surface area is 178 Å². The minimum atomic E-state index is 0.0430. The lowest BCUT2D eigenvalue weighted by Gasteiger charge is -2.18. The SMILES string of the molecule is CCOc1ccc(Cc2nc3cc(C(=O)N(CC)CC)ccc3n2CCOC)cc1. The molecule has 0 unspecified atom stereocenters. The number of methoxy groups -OCH3 is 1. The van der Waals surface area contributed by atoms with Gasteiger partial charge in [-0.3, -0.25) is 4.79 Å². The third-order valence-electron chi connectivity index (χ3n) is 5.24. The van der Waals surface area contributed by atoms with Crippen LogP contribution in [0.1, 0.15) is 42.5 Å². The van der Waals surface area contributed by atoms with Gasteiger partial charge in [0.05, 0.1) is 24.2 Å². The first kappa shape index (κ1) is 21.8. The summed E-state index contributed by atoms with van der Waals surface area (Å²) in [5, 5.41) is 0. The highest BCUT2D eigenvalue weighted by Crippen LogP contribution is 2.22. The van der Waals surface area contributed by atoms with Crippen LogP contribution in [0.25, 0.3) is 11.0 Å². The zero-order valence-electron chi connectivity index (χ0n) is 18.4. The molecule has 0 N–H and O–H groups in total. The number of fused-ring (bicyclic) bond motifs is 1. The van der Waals surface area contributed by atoms with Gasteiger partial charge in [0.1, 0.15) is 11.6 Å². The van der Waals surface area contributed by atoms with Crippen molar-refractivity contribution in [3.8, 4) is 5.75 Å². The van der Waals surface area contributed by atoms with Crippen LogP contribution in [0.5, 0.6) is 5.75 Å². The zero-order chi connectivity index (χ0) is 21.5. The lowest BCUT2D eigenvalue weighted by atomic mass is 10.1. The van der Waals surface area contributed by atoms with Gasteiger partial charge < -0.3 is 18.9 Å². The Kier molecular flexibility index (Phi) is 7.46. The summed E-state index contributed by atoms with van der Waals surface area (Å²) in [6.07, 6.45) is 0.699. The fourth-order valence-corrected chi connectivity index (χ4v) is 3.63. The van der Waals surface area contributed by atoms with E-state index >= 15 is 0 Å². The third kappa shape index (κ3) is 4.82. The lowest BCUT2D eigenvalue weighted by molar-refractivity contribution is 0.0773. The van der Waals surface area contributed by atoms with E-state index in [9.17, 15) is 4.79 Å². The fourth-order valence-electron chi connectivity index (χ4n) is 3.63. The molecule has 0 saturated heterocycles. The monoisotopic (exact) mass is 409 g/mol. The summed E-state index contributed by atoms with van der Waals surface area (Å²) < 4.78 is 13.0. The van der Waals surface area contributed by atoms with Crippen LogP contribution in [0.4, 0.5) is 0 Å². The maximum absolute atomic E-state index is 12.8. The predicted octanol–water partition coefficient (Wildman–Crippen LogP) is 4.15. The van der Waals surface area contributed by atoms with E-state index in [2.05, 4.69) is 16.7 Å². The van der Waals surface area contributed by atoms with Crippen molar-refractivity contribution in [2.75, 3.05) is 33.4 Å². The van der Waals surface area contributed by atoms with Gasteiger partial charge in [0.15, 0.2) is 0 Å². The van der Waals surface area contributed by atoms with E-state index in [4.69, 9.17) is 14.5 Å². The van der Waals surface area contributed by atoms with Crippen molar-refractivity contribution >= 4 is 16.9 Å². The van der Waals surface area contributed by atoms with Gasteiger partial charge in [0, 0.05) is 38.7 Å². The molecular weight excluding hydrogens is 378 g/mol. The Morgan fingerprint density at radius 3 is 2.43 bits per heavy atom. The maximum atomic E-state index is 12.8. The van der Waals surface area contributed by atoms with Gasteiger partial charge in [-0.2, -0.15) is 0 Å². The quantitative estimate of drug-likeness (QED) is 0.505. The van der Waals surface area contributed by atoms with Crippen LogP contribution in [0.2, 0.25) is 0 Å². The number of rotatable bonds is 10. The Balaban J connectivity index is 1.94. The average molecular weight is 410 g/mol. The molecule has 0 aliphatic rings. The molecular formula is C24H31N3O3. The number of aromatic nitrogens is 2. The van der Waals surface area contributed by atoms with E-state index in [0.717, 1.165) is 28.2 Å². The molecule has 1 aromatic heterocycles. The molecule has 3 aromatic rings. The summed E-state index contributed by atoms with van der Waals surface area (Å²) >= 11 is 0. The first-order valence-electron chi connectivity index (χ1n) is 10.6. The molecule has 0 fully saturated rings. The van der Waals surface area contributed by atoms with Crippen molar-refractivity contribution in [1.29, 1.82) is 0 Å². The molecule has 1 heterocycles. The second-order valence-electron chi connectivity index (χ2n) is 7.11. The number of ether oxygens (including phenoxy) is 2. The zero-order valence-corrected chi connectivity index (χ0v) is 18.4. The van der Waals surface area contributed by atoms with E-state index < -0.39 is 0 Å². The standard InChI is InChI=1S/C24H31N3O3/c1-5-26(6-2)24(28)19-10-13-22-21(17-19)25-23(27(22)14-15-29-4)16-18-8-11-20(12-9-18)30-7-3/h8-13,17H,5-7,14-16H2,1-4H3. The summed E-state index contributed by atoms with van der Waals surface area (Å²) in [5.74, 6) is 1.87. The number of hydrogen-bond donors (Lipinski definition) is 0. The van der Waals surface area contributed by atoms with E-state index in [1.165, 1.54) is 0 Å². The molecule has 0 aliphatic heterocycles. The summed E-state index contributed by atoms with van der Waals surface area (Å²) in [4.78, 5) is 19.5. The lowest BCUT2D eigenvalue weighted by Crippen LogP contribution is -2.30. The normalized spacial score (nSPS) is 11.1. The Hall–Kier alpha value is -2.86. The highest BCUT2D eigenvalue weighted by molar-refractivity contribution is 5.97. The van der Waals surface area contributed by atoms with Gasteiger partial charge >= 0.3 is 0 Å². The molecule has 0 radical (unpaired) electrons. The van der Waals surface area contributed by atoms with Crippen LogP contribution < -0.4 is 4.74 Å². The summed E-state index contributed by atoms with van der Waals surface area (Å²) in [7, 11) is 1.70. The third-order valence-corrected chi connectivity index (χ3v) is 5.24. The molecule has 160 valence electrons. The second kappa shape index (κ2) is 10.3. The highest BCUT2D eigenvalue weighted by atomic mass is 16.5. The summed E-state index contributed by atoms with van der Waals surface area (Å²) in [6, 6.07) is 13.9. The molecule has 6 heteroatoms. The first-order chi connectivity index (χ1) is 14.6. The van der Waals surface area contributed by atoms with Gasteiger partial charge in [-0.05, 0) is 56.7 Å². The minimum Gasteiger partial charge on any atom is -0.494 e. The summed E-state index contributed by atoms with van der Waals surface area (Å²) in [5.41, 5.74) is 3.69. The van der Waals surface area contributed by atoms with Crippen molar-refractivity contribution in [2.24, 2.45) is 0 Å². The smallest absolute Gasteiger partial charge is 0.253 e. The van der Waals surface area contributed by atoms with Crippen molar-refractivity contribution in [1.82, 2.24) is 14.5 Å². The van der Waals surface area contributed by atoms with Crippen LogP contribution in [-0.4, -0.2) is 53.8 Å². The molecule has 0 atom stereocenters. The molecule has 0 aliphatic carbocycles. The number of carbonyl (C=O) groups is 1. The fraction of sp³-hybridized carbons (Fsp3) is 0.417. The second-order valence-corrected chi connectivity index (χ2v) is 7.11. The van der Waals surface area contributed by atoms with Crippen molar-refractivity contribution in [3.63, 3.8) is 0 Å². The van der Waals surface area contributed by atoms with Crippen LogP contribution in [0, 0.1) is 0 Å². The molecule has 3 rings (SSSR count). The van der Waals surface area contributed by atoms with Crippen molar-refractivity contribution in [3.05, 3.63) is 59.4 Å². The van der Waals surface area contributed by atoms with Gasteiger partial charge in [-0.25, -0.2) is 4.98 Å². The number of hydrogen-bond acceptors (Lipinski definition) is 4. The van der Waals surface area contributed by atoms with Crippen LogP contribution >= 0.6 is 0 Å². The van der Waals surface area contributed by atoms with Crippen LogP contribution in [0.3, 0.4) is 0 Å².